The molecule has 0 aromatic carbocycles. The van der Waals surface area contributed by atoms with E-state index in [0.717, 1.165) is 18.8 Å². The van der Waals surface area contributed by atoms with Crippen molar-refractivity contribution in [3.05, 3.63) is 24.0 Å². The first-order valence-corrected chi connectivity index (χ1v) is 6.25. The van der Waals surface area contributed by atoms with Crippen LogP contribution in [0.4, 0.5) is 5.69 Å². The molecule has 0 aliphatic rings. The Bertz CT molecular complexity index is 394. The number of carbonyl (C=O) groups excluding carboxylic acids is 1. The van der Waals surface area contributed by atoms with Crippen LogP contribution in [-0.4, -0.2) is 37.6 Å². The van der Waals surface area contributed by atoms with E-state index in [1.54, 1.807) is 13.2 Å². The second-order valence-electron chi connectivity index (χ2n) is 4.36. The zero-order chi connectivity index (χ0) is 13.5. The van der Waals surface area contributed by atoms with Crippen LogP contribution in [0.15, 0.2) is 18.3 Å². The van der Waals surface area contributed by atoms with Crippen LogP contribution in [0.25, 0.3) is 0 Å². The lowest BCUT2D eigenvalue weighted by atomic mass is 10.1. The second kappa shape index (κ2) is 6.96. The fourth-order valence-corrected chi connectivity index (χ4v) is 1.74. The van der Waals surface area contributed by atoms with E-state index < -0.39 is 0 Å². The summed E-state index contributed by atoms with van der Waals surface area (Å²) in [7, 11) is 1.60. The number of amides is 1. The third-order valence-electron chi connectivity index (χ3n) is 2.88. The molecule has 3 N–H and O–H groups in total. The highest BCUT2D eigenvalue weighted by Gasteiger charge is 2.11. The van der Waals surface area contributed by atoms with Gasteiger partial charge < -0.3 is 16.0 Å². The lowest BCUT2D eigenvalue weighted by Gasteiger charge is -2.26. The van der Waals surface area contributed by atoms with Gasteiger partial charge >= 0.3 is 0 Å². The Hall–Kier alpha value is -1.62. The summed E-state index contributed by atoms with van der Waals surface area (Å²) in [4.78, 5) is 17.8. The first-order chi connectivity index (χ1) is 8.62. The Balaban J connectivity index is 2.89. The van der Waals surface area contributed by atoms with Crippen LogP contribution in [0, 0.1) is 5.92 Å². The minimum Gasteiger partial charge on any atom is -0.371 e. The van der Waals surface area contributed by atoms with Crippen LogP contribution in [-0.2, 0) is 0 Å². The Labute approximate surface area is 108 Å². The molecular formula is C13H22N4O. The summed E-state index contributed by atoms with van der Waals surface area (Å²) >= 11 is 0. The van der Waals surface area contributed by atoms with Crippen molar-refractivity contribution in [3.8, 4) is 0 Å². The Morgan fingerprint density at radius 2 is 2.33 bits per heavy atom. The number of nitrogens with zero attached hydrogens (tertiary/aromatic N) is 2. The van der Waals surface area contributed by atoms with Crippen molar-refractivity contribution in [2.24, 2.45) is 11.7 Å². The van der Waals surface area contributed by atoms with Gasteiger partial charge in [-0.2, -0.15) is 0 Å². The molecule has 1 unspecified atom stereocenters. The van der Waals surface area contributed by atoms with Gasteiger partial charge in [-0.15, -0.1) is 0 Å². The van der Waals surface area contributed by atoms with E-state index in [2.05, 4.69) is 29.0 Å². The van der Waals surface area contributed by atoms with Gasteiger partial charge in [-0.05, 0) is 31.5 Å². The summed E-state index contributed by atoms with van der Waals surface area (Å²) in [6.07, 6.45) is 1.66. The smallest absolute Gasteiger partial charge is 0.269 e. The molecule has 0 bridgehead atoms. The molecule has 100 valence electrons. The molecule has 0 aliphatic carbocycles. The van der Waals surface area contributed by atoms with Crippen LogP contribution >= 0.6 is 0 Å². The molecule has 0 fully saturated rings. The number of carbonyl (C=O) groups is 1. The highest BCUT2D eigenvalue weighted by molar-refractivity contribution is 5.92. The van der Waals surface area contributed by atoms with E-state index in [0.29, 0.717) is 18.2 Å². The molecule has 1 atom stereocenters. The maximum Gasteiger partial charge on any atom is 0.269 e. The molecular weight excluding hydrogens is 228 g/mol. The third-order valence-corrected chi connectivity index (χ3v) is 2.88. The topological polar surface area (TPSA) is 71.2 Å². The first-order valence-electron chi connectivity index (χ1n) is 6.25. The lowest BCUT2D eigenvalue weighted by Crippen LogP contribution is -2.31. The molecule has 0 radical (unpaired) electrons. The number of nitrogens with two attached hydrogens (primary N) is 1. The van der Waals surface area contributed by atoms with Crippen molar-refractivity contribution in [2.45, 2.75) is 13.8 Å². The zero-order valence-corrected chi connectivity index (χ0v) is 11.3. The summed E-state index contributed by atoms with van der Waals surface area (Å²) in [5.74, 6) is 0.251. The second-order valence-corrected chi connectivity index (χ2v) is 4.36. The van der Waals surface area contributed by atoms with Crippen molar-refractivity contribution < 1.29 is 4.79 Å². The quantitative estimate of drug-likeness (QED) is 0.785. The summed E-state index contributed by atoms with van der Waals surface area (Å²) in [5.41, 5.74) is 7.09. The van der Waals surface area contributed by atoms with E-state index in [1.165, 1.54) is 0 Å². The summed E-state index contributed by atoms with van der Waals surface area (Å²) in [6.45, 7) is 6.61. The van der Waals surface area contributed by atoms with Gasteiger partial charge in [-0.3, -0.25) is 9.78 Å². The predicted molar refractivity (Wildman–Crippen MR) is 73.7 cm³/mol. The summed E-state index contributed by atoms with van der Waals surface area (Å²) in [5, 5.41) is 2.58. The molecule has 1 aromatic rings. The number of rotatable bonds is 6. The van der Waals surface area contributed by atoms with Gasteiger partial charge in [0.1, 0.15) is 5.69 Å². The van der Waals surface area contributed by atoms with Crippen molar-refractivity contribution in [2.75, 3.05) is 31.6 Å². The van der Waals surface area contributed by atoms with E-state index in [1.807, 2.05) is 12.1 Å². The van der Waals surface area contributed by atoms with Crippen molar-refractivity contribution >= 4 is 11.6 Å². The van der Waals surface area contributed by atoms with Gasteiger partial charge in [-0.1, -0.05) is 6.92 Å². The largest absolute Gasteiger partial charge is 0.371 e. The molecule has 5 nitrogen and oxygen atoms in total. The standard InChI is InChI=1S/C13H22N4O/c1-4-17(9-10(2)8-14)11-5-6-16-12(7-11)13(18)15-3/h5-7,10H,4,8-9,14H2,1-3H3,(H,15,18). The lowest BCUT2D eigenvalue weighted by molar-refractivity contribution is 0.0958. The Kier molecular flexibility index (Phi) is 5.58. The molecule has 0 saturated carbocycles. The predicted octanol–water partition coefficient (Wildman–Crippen LogP) is 0.862. The van der Waals surface area contributed by atoms with Gasteiger partial charge in [0.25, 0.3) is 5.91 Å². The average molecular weight is 250 g/mol. The summed E-state index contributed by atoms with van der Waals surface area (Å²) in [6, 6.07) is 3.73. The van der Waals surface area contributed by atoms with Crippen LogP contribution in [0.3, 0.4) is 0 Å². The molecule has 1 heterocycles. The third kappa shape index (κ3) is 3.70. The maximum atomic E-state index is 11.5. The fourth-order valence-electron chi connectivity index (χ4n) is 1.74. The summed E-state index contributed by atoms with van der Waals surface area (Å²) < 4.78 is 0. The Morgan fingerprint density at radius 1 is 1.61 bits per heavy atom. The van der Waals surface area contributed by atoms with E-state index in [-0.39, 0.29) is 5.91 Å². The van der Waals surface area contributed by atoms with Gasteiger partial charge in [0.2, 0.25) is 0 Å². The molecule has 18 heavy (non-hydrogen) atoms. The molecule has 1 aromatic heterocycles. The van der Waals surface area contributed by atoms with Crippen molar-refractivity contribution in [1.29, 1.82) is 0 Å². The molecule has 0 saturated heterocycles. The van der Waals surface area contributed by atoms with Crippen LogP contribution in [0.2, 0.25) is 0 Å². The van der Waals surface area contributed by atoms with E-state index in [9.17, 15) is 4.79 Å². The monoisotopic (exact) mass is 250 g/mol. The Morgan fingerprint density at radius 3 is 2.89 bits per heavy atom. The van der Waals surface area contributed by atoms with Crippen molar-refractivity contribution in [3.63, 3.8) is 0 Å². The average Bonchev–Trinajstić information content (AvgIpc) is 2.43. The highest BCUT2D eigenvalue weighted by atomic mass is 16.1. The van der Waals surface area contributed by atoms with Gasteiger partial charge in [-0.25, -0.2) is 0 Å². The number of hydrogen-bond donors (Lipinski definition) is 2. The maximum absolute atomic E-state index is 11.5. The van der Waals surface area contributed by atoms with Crippen LogP contribution in [0.1, 0.15) is 24.3 Å². The molecule has 1 rings (SSSR count). The molecule has 0 spiro atoms. The first kappa shape index (κ1) is 14.4. The number of nitrogens with one attached hydrogen (secondary N) is 1. The van der Waals surface area contributed by atoms with Crippen LogP contribution < -0.4 is 16.0 Å². The van der Waals surface area contributed by atoms with Gasteiger partial charge in [0.15, 0.2) is 0 Å². The van der Waals surface area contributed by atoms with Gasteiger partial charge in [0.05, 0.1) is 0 Å². The normalized spacial score (nSPS) is 12.0. The van der Waals surface area contributed by atoms with Crippen LogP contribution in [0.5, 0.6) is 0 Å². The van der Waals surface area contributed by atoms with Gasteiger partial charge in [0, 0.05) is 32.0 Å². The number of aromatic nitrogens is 1. The molecule has 0 aliphatic heterocycles. The zero-order valence-electron chi connectivity index (χ0n) is 11.3. The molecule has 5 heteroatoms. The fraction of sp³-hybridized carbons (Fsp3) is 0.538. The number of anilines is 1. The SMILES string of the molecule is CCN(CC(C)CN)c1ccnc(C(=O)NC)c1. The molecule has 1 amide bonds. The van der Waals surface area contributed by atoms with Crippen molar-refractivity contribution in [1.82, 2.24) is 10.3 Å². The van der Waals surface area contributed by atoms with E-state index >= 15 is 0 Å². The number of pyridine rings is 1. The number of hydrogen-bond acceptors (Lipinski definition) is 4. The van der Waals surface area contributed by atoms with E-state index in [4.69, 9.17) is 5.73 Å². The minimum absolute atomic E-state index is 0.167. The highest BCUT2D eigenvalue weighted by Crippen LogP contribution is 2.15. The minimum atomic E-state index is -0.167.